The number of anilines is 4. The first-order valence-electron chi connectivity index (χ1n) is 12.5. The zero-order chi connectivity index (χ0) is 24.6. The normalized spacial score (nSPS) is 21.8. The number of pyridine rings is 2. The molecule has 0 saturated carbocycles. The number of nitrogens with one attached hydrogen (secondary N) is 1. The number of aromatic nitrogens is 4. The van der Waals surface area contributed by atoms with Gasteiger partial charge in [-0.2, -0.15) is 0 Å². The highest BCUT2D eigenvalue weighted by Crippen LogP contribution is 2.33. The molecule has 0 aliphatic carbocycles. The smallest absolute Gasteiger partial charge is 0.227 e. The number of carbonyl (C=O) groups is 1. The maximum Gasteiger partial charge on any atom is 0.227 e. The second kappa shape index (κ2) is 9.34. The van der Waals surface area contributed by atoms with Crippen molar-refractivity contribution < 1.29 is 4.79 Å². The molecule has 10 heteroatoms. The van der Waals surface area contributed by atoms with Gasteiger partial charge in [0.15, 0.2) is 0 Å². The molecular weight excluding hydrogens is 454 g/mol. The molecule has 1 N–H and O–H groups in total. The van der Waals surface area contributed by atoms with Crippen molar-refractivity contribution >= 4 is 29.2 Å². The molecule has 3 aliphatic heterocycles. The Morgan fingerprint density at radius 2 is 1.72 bits per heavy atom. The molecule has 6 rings (SSSR count). The standard InChI is InChI=1S/C26H31N9O/c1-18(36)33-9-11-34(12-10-33)24-5-3-19(14-28-24)23-7-8-27-26(31-23)30-20-4-6-25(29-15-20)35-17-21-13-22(35)16-32(21)2/h3-8,14-15,21-22H,9-13,16-17H2,1-2H3,(H,27,30,31). The number of hydrogen-bond donors (Lipinski definition) is 1. The van der Waals surface area contributed by atoms with Crippen molar-refractivity contribution in [3.63, 3.8) is 0 Å². The van der Waals surface area contributed by atoms with Crippen LogP contribution in [0.4, 0.5) is 23.3 Å². The number of piperazine rings is 2. The highest BCUT2D eigenvalue weighted by atomic mass is 16.2. The van der Waals surface area contributed by atoms with Crippen molar-refractivity contribution in [3.05, 3.63) is 48.9 Å². The van der Waals surface area contributed by atoms with Crippen LogP contribution in [0.25, 0.3) is 11.3 Å². The van der Waals surface area contributed by atoms with Crippen LogP contribution in [-0.4, -0.2) is 94.0 Å². The molecule has 3 fully saturated rings. The number of carbonyl (C=O) groups excluding carboxylic acids is 1. The molecule has 3 aromatic heterocycles. The van der Waals surface area contributed by atoms with Crippen LogP contribution in [0.2, 0.25) is 0 Å². The summed E-state index contributed by atoms with van der Waals surface area (Å²) < 4.78 is 0. The van der Waals surface area contributed by atoms with Crippen LogP contribution in [0.5, 0.6) is 0 Å². The summed E-state index contributed by atoms with van der Waals surface area (Å²) in [5.41, 5.74) is 2.58. The predicted molar refractivity (Wildman–Crippen MR) is 139 cm³/mol. The van der Waals surface area contributed by atoms with E-state index in [1.54, 1.807) is 13.1 Å². The lowest BCUT2D eigenvalue weighted by molar-refractivity contribution is -0.129. The van der Waals surface area contributed by atoms with Crippen molar-refractivity contribution in [1.82, 2.24) is 29.7 Å². The summed E-state index contributed by atoms with van der Waals surface area (Å²) in [7, 11) is 2.21. The lowest BCUT2D eigenvalue weighted by Crippen LogP contribution is -2.48. The first-order valence-corrected chi connectivity index (χ1v) is 12.5. The number of amides is 1. The Morgan fingerprint density at radius 1 is 0.917 bits per heavy atom. The van der Waals surface area contributed by atoms with Crippen molar-refractivity contribution in [3.8, 4) is 11.3 Å². The van der Waals surface area contributed by atoms with E-state index in [4.69, 9.17) is 4.98 Å². The van der Waals surface area contributed by atoms with E-state index in [1.807, 2.05) is 41.6 Å². The van der Waals surface area contributed by atoms with E-state index >= 15 is 0 Å². The zero-order valence-corrected chi connectivity index (χ0v) is 20.7. The van der Waals surface area contributed by atoms with Gasteiger partial charge in [-0.1, -0.05) is 0 Å². The maximum atomic E-state index is 11.6. The van der Waals surface area contributed by atoms with Gasteiger partial charge < -0.3 is 20.0 Å². The molecule has 3 aliphatic rings. The Labute approximate surface area is 211 Å². The van der Waals surface area contributed by atoms with E-state index < -0.39 is 0 Å². The Morgan fingerprint density at radius 3 is 2.36 bits per heavy atom. The molecule has 2 bridgehead atoms. The molecular formula is C26H31N9O. The van der Waals surface area contributed by atoms with Crippen LogP contribution in [0.1, 0.15) is 13.3 Å². The molecule has 0 spiro atoms. The van der Waals surface area contributed by atoms with Crippen LogP contribution in [0.3, 0.4) is 0 Å². The first-order chi connectivity index (χ1) is 17.5. The Balaban J connectivity index is 1.10. The van der Waals surface area contributed by atoms with E-state index in [-0.39, 0.29) is 5.91 Å². The monoisotopic (exact) mass is 485 g/mol. The number of likely N-dealkylation sites (tertiary alicyclic amines) is 1. The van der Waals surface area contributed by atoms with Gasteiger partial charge in [-0.3, -0.25) is 9.69 Å². The molecule has 3 saturated heterocycles. The van der Waals surface area contributed by atoms with E-state index in [9.17, 15) is 4.79 Å². The van der Waals surface area contributed by atoms with E-state index in [1.165, 1.54) is 6.42 Å². The van der Waals surface area contributed by atoms with Crippen molar-refractivity contribution in [1.29, 1.82) is 0 Å². The maximum absolute atomic E-state index is 11.6. The van der Waals surface area contributed by atoms with E-state index in [2.05, 4.69) is 48.1 Å². The average molecular weight is 486 g/mol. The highest BCUT2D eigenvalue weighted by molar-refractivity contribution is 5.73. The summed E-state index contributed by atoms with van der Waals surface area (Å²) in [6, 6.07) is 11.3. The predicted octanol–water partition coefficient (Wildman–Crippen LogP) is 2.24. The third-order valence-electron chi connectivity index (χ3n) is 7.56. The fourth-order valence-electron chi connectivity index (χ4n) is 5.46. The van der Waals surface area contributed by atoms with Crippen LogP contribution in [0.15, 0.2) is 48.9 Å². The largest absolute Gasteiger partial charge is 0.353 e. The second-order valence-corrected chi connectivity index (χ2v) is 9.83. The highest BCUT2D eigenvalue weighted by Gasteiger charge is 2.41. The van der Waals surface area contributed by atoms with Gasteiger partial charge in [-0.25, -0.2) is 19.9 Å². The van der Waals surface area contributed by atoms with Gasteiger partial charge in [0, 0.05) is 76.2 Å². The van der Waals surface area contributed by atoms with Crippen molar-refractivity contribution in [2.45, 2.75) is 25.4 Å². The lowest BCUT2D eigenvalue weighted by Gasteiger charge is -2.34. The summed E-state index contributed by atoms with van der Waals surface area (Å²) in [4.78, 5) is 38.9. The molecule has 6 heterocycles. The van der Waals surface area contributed by atoms with Crippen LogP contribution >= 0.6 is 0 Å². The van der Waals surface area contributed by atoms with Crippen LogP contribution < -0.4 is 15.1 Å². The van der Waals surface area contributed by atoms with Crippen molar-refractivity contribution in [2.24, 2.45) is 0 Å². The molecule has 186 valence electrons. The molecule has 0 radical (unpaired) electrons. The summed E-state index contributed by atoms with van der Waals surface area (Å²) in [5, 5.41) is 3.28. The number of hydrogen-bond acceptors (Lipinski definition) is 9. The third-order valence-corrected chi connectivity index (χ3v) is 7.56. The number of rotatable bonds is 5. The molecule has 36 heavy (non-hydrogen) atoms. The Bertz CT molecular complexity index is 1220. The van der Waals surface area contributed by atoms with Crippen LogP contribution in [0, 0.1) is 0 Å². The Hall–Kier alpha value is -3.79. The van der Waals surface area contributed by atoms with Gasteiger partial charge in [0.05, 0.1) is 17.6 Å². The fourth-order valence-corrected chi connectivity index (χ4v) is 5.46. The van der Waals surface area contributed by atoms with E-state index in [0.717, 1.165) is 67.8 Å². The quantitative estimate of drug-likeness (QED) is 0.584. The molecule has 2 atom stereocenters. The van der Waals surface area contributed by atoms with Crippen LogP contribution in [-0.2, 0) is 4.79 Å². The molecule has 2 unspecified atom stereocenters. The SMILES string of the molecule is CC(=O)N1CCN(c2ccc(-c3ccnc(Nc4ccc(N5CC6CC5CN6C)nc4)n3)cn2)CC1. The first kappa shape index (κ1) is 22.7. The van der Waals surface area contributed by atoms with Gasteiger partial charge >= 0.3 is 0 Å². The summed E-state index contributed by atoms with van der Waals surface area (Å²) in [5.74, 6) is 2.60. The number of nitrogens with zero attached hydrogens (tertiary/aromatic N) is 8. The van der Waals surface area contributed by atoms with Gasteiger partial charge in [-0.15, -0.1) is 0 Å². The minimum absolute atomic E-state index is 0.129. The summed E-state index contributed by atoms with van der Waals surface area (Å²) in [6.45, 7) is 6.81. The fraction of sp³-hybridized carbons (Fsp3) is 0.423. The van der Waals surface area contributed by atoms with Gasteiger partial charge in [0.25, 0.3) is 0 Å². The summed E-state index contributed by atoms with van der Waals surface area (Å²) in [6.07, 6.45) is 6.67. The van der Waals surface area contributed by atoms with Gasteiger partial charge in [-0.05, 0) is 43.8 Å². The topological polar surface area (TPSA) is 93.6 Å². The molecule has 0 aromatic carbocycles. The molecule has 10 nitrogen and oxygen atoms in total. The number of likely N-dealkylation sites (N-methyl/N-ethyl adjacent to an activating group) is 1. The molecule has 1 amide bonds. The minimum atomic E-state index is 0.129. The molecule has 3 aromatic rings. The van der Waals surface area contributed by atoms with Gasteiger partial charge in [0.2, 0.25) is 11.9 Å². The van der Waals surface area contributed by atoms with E-state index in [0.29, 0.717) is 18.0 Å². The van der Waals surface area contributed by atoms with Crippen molar-refractivity contribution in [2.75, 3.05) is 61.4 Å². The Kier molecular flexibility index (Phi) is 5.88. The van der Waals surface area contributed by atoms with Gasteiger partial charge in [0.1, 0.15) is 11.6 Å². The zero-order valence-electron chi connectivity index (χ0n) is 20.7. The summed E-state index contributed by atoms with van der Waals surface area (Å²) >= 11 is 0. The second-order valence-electron chi connectivity index (χ2n) is 9.83. The minimum Gasteiger partial charge on any atom is -0.353 e. The lowest BCUT2D eigenvalue weighted by atomic mass is 10.2. The third kappa shape index (κ3) is 4.44. The average Bonchev–Trinajstić information content (AvgIpc) is 3.49. The number of fused-ring (bicyclic) bond motifs is 2.